The van der Waals surface area contributed by atoms with Crippen molar-refractivity contribution in [3.8, 4) is 16.4 Å². The van der Waals surface area contributed by atoms with Gasteiger partial charge in [0.25, 0.3) is 0 Å². The highest BCUT2D eigenvalue weighted by Gasteiger charge is 2.11. The number of para-hydroxylation sites is 1. The average molecular weight is 277 g/mol. The standard InChI is InChI=1S/C16H11N3S/c1-2-6-12(7-3-1)14-10-11-17-19(14)16-18-13-8-4-5-9-15(13)20-16/h1-11H. The molecule has 2 heterocycles. The van der Waals surface area contributed by atoms with Crippen molar-refractivity contribution in [2.24, 2.45) is 0 Å². The molecular formula is C16H11N3S. The van der Waals surface area contributed by atoms with Crippen LogP contribution in [-0.2, 0) is 0 Å². The first-order valence-electron chi connectivity index (χ1n) is 6.37. The van der Waals surface area contributed by atoms with Crippen molar-refractivity contribution >= 4 is 21.6 Å². The Morgan fingerprint density at radius 3 is 2.50 bits per heavy atom. The van der Waals surface area contributed by atoms with E-state index in [-0.39, 0.29) is 0 Å². The van der Waals surface area contributed by atoms with E-state index in [1.165, 1.54) is 4.70 Å². The Labute approximate surface area is 120 Å². The van der Waals surface area contributed by atoms with Gasteiger partial charge in [-0.25, -0.2) is 9.67 Å². The van der Waals surface area contributed by atoms with Gasteiger partial charge in [-0.15, -0.1) is 0 Å². The maximum atomic E-state index is 4.66. The van der Waals surface area contributed by atoms with Crippen LogP contribution in [0.1, 0.15) is 0 Å². The molecule has 20 heavy (non-hydrogen) atoms. The zero-order chi connectivity index (χ0) is 13.4. The van der Waals surface area contributed by atoms with Crippen molar-refractivity contribution < 1.29 is 0 Å². The predicted molar refractivity (Wildman–Crippen MR) is 82.2 cm³/mol. The van der Waals surface area contributed by atoms with Gasteiger partial charge in [-0.3, -0.25) is 0 Å². The topological polar surface area (TPSA) is 30.7 Å². The summed E-state index contributed by atoms with van der Waals surface area (Å²) in [5.41, 5.74) is 3.22. The number of hydrogen-bond donors (Lipinski definition) is 0. The molecule has 0 bridgehead atoms. The maximum absolute atomic E-state index is 4.66. The summed E-state index contributed by atoms with van der Waals surface area (Å²) in [5, 5.41) is 5.32. The molecule has 0 saturated carbocycles. The highest BCUT2D eigenvalue weighted by Crippen LogP contribution is 2.28. The molecule has 0 saturated heterocycles. The first-order valence-corrected chi connectivity index (χ1v) is 7.19. The Kier molecular flexibility index (Phi) is 2.60. The Bertz CT molecular complexity index is 828. The van der Waals surface area contributed by atoms with Crippen LogP contribution in [0, 0.1) is 0 Å². The molecule has 0 spiro atoms. The highest BCUT2D eigenvalue weighted by atomic mass is 32.1. The SMILES string of the molecule is c1ccc(-c2ccnn2-c2nc3ccccc3s2)cc1. The summed E-state index contributed by atoms with van der Waals surface area (Å²) in [6.07, 6.45) is 1.81. The fraction of sp³-hybridized carbons (Fsp3) is 0. The van der Waals surface area contributed by atoms with Crippen LogP contribution in [0.3, 0.4) is 0 Å². The number of rotatable bonds is 2. The summed E-state index contributed by atoms with van der Waals surface area (Å²) < 4.78 is 3.08. The van der Waals surface area contributed by atoms with E-state index < -0.39 is 0 Å². The lowest BCUT2D eigenvalue weighted by Crippen LogP contribution is -1.97. The summed E-state index contributed by atoms with van der Waals surface area (Å²) in [6.45, 7) is 0. The molecule has 96 valence electrons. The van der Waals surface area contributed by atoms with E-state index in [4.69, 9.17) is 0 Å². The third-order valence-corrected chi connectivity index (χ3v) is 4.19. The lowest BCUT2D eigenvalue weighted by Gasteiger charge is -2.03. The molecule has 2 aromatic carbocycles. The lowest BCUT2D eigenvalue weighted by atomic mass is 10.1. The van der Waals surface area contributed by atoms with Crippen LogP contribution in [0.4, 0.5) is 0 Å². The van der Waals surface area contributed by atoms with Crippen LogP contribution in [0.5, 0.6) is 0 Å². The van der Waals surface area contributed by atoms with Crippen molar-refractivity contribution in [2.75, 3.05) is 0 Å². The molecule has 4 rings (SSSR count). The van der Waals surface area contributed by atoms with Gasteiger partial charge in [0.2, 0.25) is 5.13 Å². The van der Waals surface area contributed by atoms with Crippen LogP contribution in [0.2, 0.25) is 0 Å². The molecule has 0 radical (unpaired) electrons. The Morgan fingerprint density at radius 2 is 1.65 bits per heavy atom. The Balaban J connectivity index is 1.89. The molecule has 3 nitrogen and oxygen atoms in total. The molecule has 0 fully saturated rings. The van der Waals surface area contributed by atoms with Crippen molar-refractivity contribution in [3.63, 3.8) is 0 Å². The van der Waals surface area contributed by atoms with Gasteiger partial charge in [-0.2, -0.15) is 5.10 Å². The molecule has 0 atom stereocenters. The molecule has 0 N–H and O–H groups in total. The minimum Gasteiger partial charge on any atom is -0.218 e. The van der Waals surface area contributed by atoms with Gasteiger partial charge in [0.05, 0.1) is 22.1 Å². The first kappa shape index (κ1) is 11.4. The fourth-order valence-corrected chi connectivity index (χ4v) is 3.17. The third kappa shape index (κ3) is 1.82. The van der Waals surface area contributed by atoms with E-state index >= 15 is 0 Å². The summed E-state index contributed by atoms with van der Waals surface area (Å²) in [4.78, 5) is 4.66. The smallest absolute Gasteiger partial charge is 0.212 e. The van der Waals surface area contributed by atoms with Crippen molar-refractivity contribution in [1.29, 1.82) is 0 Å². The van der Waals surface area contributed by atoms with Crippen LogP contribution >= 0.6 is 11.3 Å². The van der Waals surface area contributed by atoms with Crippen LogP contribution in [0.25, 0.3) is 26.6 Å². The van der Waals surface area contributed by atoms with Gasteiger partial charge < -0.3 is 0 Å². The second kappa shape index (κ2) is 4.58. The van der Waals surface area contributed by atoms with E-state index in [2.05, 4.69) is 28.3 Å². The molecular weight excluding hydrogens is 266 g/mol. The largest absolute Gasteiger partial charge is 0.218 e. The minimum absolute atomic E-state index is 0.898. The number of nitrogens with zero attached hydrogens (tertiary/aromatic N) is 3. The van der Waals surface area contributed by atoms with Gasteiger partial charge >= 0.3 is 0 Å². The van der Waals surface area contributed by atoms with E-state index in [0.717, 1.165) is 21.9 Å². The highest BCUT2D eigenvalue weighted by molar-refractivity contribution is 7.20. The molecule has 0 amide bonds. The van der Waals surface area contributed by atoms with Gasteiger partial charge in [-0.1, -0.05) is 53.8 Å². The minimum atomic E-state index is 0.898. The third-order valence-electron chi connectivity index (χ3n) is 3.18. The van der Waals surface area contributed by atoms with E-state index in [9.17, 15) is 0 Å². The molecule has 0 aliphatic carbocycles. The summed E-state index contributed by atoms with van der Waals surface area (Å²) >= 11 is 1.65. The maximum Gasteiger partial charge on any atom is 0.212 e. The second-order valence-corrected chi connectivity index (χ2v) is 5.47. The van der Waals surface area contributed by atoms with Gasteiger partial charge in [-0.05, 0) is 18.2 Å². The molecule has 2 aromatic heterocycles. The molecule has 0 aliphatic rings. The zero-order valence-electron chi connectivity index (χ0n) is 10.6. The Morgan fingerprint density at radius 1 is 0.850 bits per heavy atom. The fourth-order valence-electron chi connectivity index (χ4n) is 2.23. The number of hydrogen-bond acceptors (Lipinski definition) is 3. The summed E-state index contributed by atoms with van der Waals surface area (Å²) in [7, 11) is 0. The van der Waals surface area contributed by atoms with E-state index in [0.29, 0.717) is 0 Å². The van der Waals surface area contributed by atoms with E-state index in [1.54, 1.807) is 11.3 Å². The second-order valence-electron chi connectivity index (χ2n) is 4.46. The number of aromatic nitrogens is 3. The zero-order valence-corrected chi connectivity index (χ0v) is 11.4. The van der Waals surface area contributed by atoms with Crippen LogP contribution in [-0.4, -0.2) is 14.8 Å². The van der Waals surface area contributed by atoms with Gasteiger partial charge in [0, 0.05) is 5.56 Å². The number of benzene rings is 2. The van der Waals surface area contributed by atoms with Crippen LogP contribution < -0.4 is 0 Å². The van der Waals surface area contributed by atoms with E-state index in [1.807, 2.05) is 53.3 Å². The predicted octanol–water partition coefficient (Wildman–Crippen LogP) is 4.15. The number of thiazole rings is 1. The average Bonchev–Trinajstić information content (AvgIpc) is 3.14. The van der Waals surface area contributed by atoms with Crippen molar-refractivity contribution in [3.05, 3.63) is 66.9 Å². The molecule has 0 unspecified atom stereocenters. The monoisotopic (exact) mass is 277 g/mol. The normalized spacial score (nSPS) is 11.0. The first-order chi connectivity index (χ1) is 9.92. The number of fused-ring (bicyclic) bond motifs is 1. The van der Waals surface area contributed by atoms with Crippen molar-refractivity contribution in [2.45, 2.75) is 0 Å². The van der Waals surface area contributed by atoms with Gasteiger partial charge in [0.15, 0.2) is 0 Å². The summed E-state index contributed by atoms with van der Waals surface area (Å²) in [6, 6.07) is 20.4. The van der Waals surface area contributed by atoms with Gasteiger partial charge in [0.1, 0.15) is 0 Å². The quantitative estimate of drug-likeness (QED) is 0.551. The van der Waals surface area contributed by atoms with Crippen molar-refractivity contribution in [1.82, 2.24) is 14.8 Å². The summed E-state index contributed by atoms with van der Waals surface area (Å²) in [5.74, 6) is 0. The Hall–Kier alpha value is -2.46. The molecule has 4 heteroatoms. The lowest BCUT2D eigenvalue weighted by molar-refractivity contribution is 0.880. The molecule has 0 aliphatic heterocycles. The van der Waals surface area contributed by atoms with Crippen LogP contribution in [0.15, 0.2) is 66.9 Å². The molecule has 4 aromatic rings.